The van der Waals surface area contributed by atoms with Crippen LogP contribution in [0, 0.1) is 5.92 Å². The Morgan fingerprint density at radius 1 is 1.57 bits per heavy atom. The van der Waals surface area contributed by atoms with Crippen LogP contribution in [0.2, 0.25) is 0 Å². The van der Waals surface area contributed by atoms with Gasteiger partial charge in [0.15, 0.2) is 0 Å². The zero-order valence-corrected chi connectivity index (χ0v) is 17.6. The molecule has 14 heteroatoms. The molecule has 0 aliphatic carbocycles. The summed E-state index contributed by atoms with van der Waals surface area (Å²) in [6.45, 7) is 1.31. The molecule has 1 fully saturated rings. The molecule has 3 atom stereocenters. The summed E-state index contributed by atoms with van der Waals surface area (Å²) in [6.07, 6.45) is -0.836. The number of rotatable bonds is 8. The van der Waals surface area contributed by atoms with Gasteiger partial charge in [0.2, 0.25) is 12.3 Å². The van der Waals surface area contributed by atoms with Crippen molar-refractivity contribution < 1.29 is 23.5 Å². The van der Waals surface area contributed by atoms with E-state index < -0.39 is 23.7 Å². The predicted octanol–water partition coefficient (Wildman–Crippen LogP) is 2.33. The molecule has 152 valence electrons. The zero-order chi connectivity index (χ0) is 20.4. The molecule has 3 heterocycles. The summed E-state index contributed by atoms with van der Waals surface area (Å²) in [6, 6.07) is 0. The number of carboxylic acid groups (broad SMARTS) is 1. The van der Waals surface area contributed by atoms with Crippen LogP contribution in [0.5, 0.6) is 0 Å². The molecule has 0 aromatic carbocycles. The number of β-lactam (4-membered cyclic amide) rings is 1. The summed E-state index contributed by atoms with van der Waals surface area (Å²) in [4.78, 5) is 25.4. The van der Waals surface area contributed by atoms with Gasteiger partial charge < -0.3 is 10.4 Å². The highest BCUT2D eigenvalue weighted by Gasteiger charge is 2.49. The summed E-state index contributed by atoms with van der Waals surface area (Å²) in [5.74, 6) is -2.69. The number of aromatic amines is 1. The van der Waals surface area contributed by atoms with E-state index in [1.54, 1.807) is 6.20 Å². The number of amides is 1. The van der Waals surface area contributed by atoms with Gasteiger partial charge in [-0.15, -0.1) is 28.6 Å². The molecule has 0 spiro atoms. The van der Waals surface area contributed by atoms with Crippen molar-refractivity contribution in [2.45, 2.75) is 35.5 Å². The third kappa shape index (κ3) is 4.44. The fourth-order valence-corrected chi connectivity index (χ4v) is 6.46. The van der Waals surface area contributed by atoms with E-state index in [0.29, 0.717) is 15.0 Å². The number of fused-ring (bicyclic) bond motifs is 1. The molecular weight excluding hydrogens is 452 g/mol. The Hall–Kier alpha value is -1.38. The first-order valence-corrected chi connectivity index (χ1v) is 11.3. The number of alkyl halides is 2. The topological polar surface area (TPSA) is 111 Å². The number of carbonyl (C=O) groups is 2. The second-order valence-corrected chi connectivity index (χ2v) is 9.91. The monoisotopic (exact) mass is 467 g/mol. The molecule has 0 saturated carbocycles. The molecule has 8 nitrogen and oxygen atoms in total. The number of carboxylic acids is 1. The molecule has 3 rings (SSSR count). The number of hydrogen-bond donors (Lipinski definition) is 3. The van der Waals surface area contributed by atoms with Crippen LogP contribution in [-0.2, 0) is 9.59 Å². The smallest absolute Gasteiger partial charge is 0.353 e. The predicted molar refractivity (Wildman–Crippen MR) is 107 cm³/mol. The molecule has 1 aromatic heterocycles. The minimum atomic E-state index is -2.63. The summed E-state index contributed by atoms with van der Waals surface area (Å²) in [7, 11) is 0. The summed E-state index contributed by atoms with van der Waals surface area (Å²) < 4.78 is 26.0. The van der Waals surface area contributed by atoms with Crippen LogP contribution in [0.4, 0.5) is 8.78 Å². The van der Waals surface area contributed by atoms with Gasteiger partial charge in [0.25, 0.3) is 0 Å². The van der Waals surface area contributed by atoms with Crippen molar-refractivity contribution in [2.75, 3.05) is 5.08 Å². The van der Waals surface area contributed by atoms with Crippen molar-refractivity contribution in [3.63, 3.8) is 0 Å². The molecule has 2 aliphatic heterocycles. The first kappa shape index (κ1) is 21.3. The molecular formula is C14H15F2N5O3S4. The summed E-state index contributed by atoms with van der Waals surface area (Å²) >= 11 is 8.91. The number of aliphatic carboxylic acids is 1. The van der Waals surface area contributed by atoms with Gasteiger partial charge in [0.1, 0.15) is 16.1 Å². The van der Waals surface area contributed by atoms with Crippen molar-refractivity contribution in [1.29, 1.82) is 0 Å². The minimum absolute atomic E-state index is 0.0430. The summed E-state index contributed by atoms with van der Waals surface area (Å²) in [5.41, 5.74) is -0.129. The number of carbonyl (C=O) groups excluding carboxylic acids is 1. The van der Waals surface area contributed by atoms with Crippen molar-refractivity contribution in [3.05, 3.63) is 16.8 Å². The second-order valence-electron chi connectivity index (χ2n) is 5.81. The SMILES string of the molecule is CC(C(=S)NC1SC2CC(=O)N2C(C(=O)O)=C1SCSc1c[nH]nn1)C(F)F. The molecule has 3 unspecified atom stereocenters. The average molecular weight is 468 g/mol. The van der Waals surface area contributed by atoms with Gasteiger partial charge in [-0.3, -0.25) is 14.8 Å². The van der Waals surface area contributed by atoms with Crippen LogP contribution in [0.15, 0.2) is 21.8 Å². The first-order chi connectivity index (χ1) is 13.3. The Morgan fingerprint density at radius 2 is 2.32 bits per heavy atom. The maximum atomic E-state index is 13.0. The Kier molecular flexibility index (Phi) is 6.83. The highest BCUT2D eigenvalue weighted by Crippen LogP contribution is 2.47. The normalized spacial score (nSPS) is 22.7. The third-order valence-corrected chi connectivity index (χ3v) is 8.13. The number of hydrogen-bond acceptors (Lipinski definition) is 8. The summed E-state index contributed by atoms with van der Waals surface area (Å²) in [5, 5.41) is 22.6. The van der Waals surface area contributed by atoms with Crippen LogP contribution in [-0.4, -0.2) is 64.5 Å². The van der Waals surface area contributed by atoms with Crippen molar-refractivity contribution in [1.82, 2.24) is 25.6 Å². The van der Waals surface area contributed by atoms with E-state index in [0.717, 1.165) is 0 Å². The highest BCUT2D eigenvalue weighted by molar-refractivity contribution is 8.18. The lowest BCUT2D eigenvalue weighted by Gasteiger charge is -2.46. The van der Waals surface area contributed by atoms with Crippen molar-refractivity contribution >= 4 is 64.4 Å². The van der Waals surface area contributed by atoms with E-state index in [2.05, 4.69) is 20.7 Å². The lowest BCUT2D eigenvalue weighted by molar-refractivity contribution is -0.146. The minimum Gasteiger partial charge on any atom is -0.477 e. The van der Waals surface area contributed by atoms with E-state index >= 15 is 0 Å². The van der Waals surface area contributed by atoms with Gasteiger partial charge in [-0.25, -0.2) is 13.6 Å². The molecule has 1 saturated heterocycles. The molecule has 0 radical (unpaired) electrons. The molecule has 0 bridgehead atoms. The number of aromatic nitrogens is 3. The Labute approximate surface area is 176 Å². The Bertz CT molecular complexity index is 807. The van der Waals surface area contributed by atoms with E-state index in [1.807, 2.05) is 0 Å². The third-order valence-electron chi connectivity index (χ3n) is 3.99. The van der Waals surface area contributed by atoms with Gasteiger partial charge in [-0.05, 0) is 0 Å². The van der Waals surface area contributed by atoms with E-state index in [4.69, 9.17) is 12.2 Å². The number of nitrogens with zero attached hydrogens (tertiary/aromatic N) is 3. The lowest BCUT2D eigenvalue weighted by Crippen LogP contribution is -2.57. The van der Waals surface area contributed by atoms with Gasteiger partial charge >= 0.3 is 5.97 Å². The standard InChI is InChI=1S/C14H15F2N5O3S4/c1-5(11(15)16)12(25)18-13-10(27-4-26-6-3-17-20-19-6)9(14(23)24)21-7(22)2-8(21)28-13/h3,5,8,11,13H,2,4H2,1H3,(H,18,25)(H,23,24)(H,17,19,20). The van der Waals surface area contributed by atoms with Crippen LogP contribution < -0.4 is 5.32 Å². The first-order valence-electron chi connectivity index (χ1n) is 7.95. The van der Waals surface area contributed by atoms with E-state index in [1.165, 1.54) is 47.1 Å². The maximum Gasteiger partial charge on any atom is 0.353 e. The van der Waals surface area contributed by atoms with Crippen molar-refractivity contribution in [2.24, 2.45) is 5.92 Å². The fourth-order valence-electron chi connectivity index (χ4n) is 2.47. The number of H-pyrrole nitrogens is 1. The van der Waals surface area contributed by atoms with Crippen molar-refractivity contribution in [3.8, 4) is 0 Å². The molecule has 1 aromatic rings. The number of thiocarbonyl (C=S) groups is 1. The molecule has 3 N–H and O–H groups in total. The van der Waals surface area contributed by atoms with E-state index in [-0.39, 0.29) is 28.4 Å². The Balaban J connectivity index is 1.83. The molecule has 2 aliphatic rings. The van der Waals surface area contributed by atoms with Crippen LogP contribution in [0.3, 0.4) is 0 Å². The van der Waals surface area contributed by atoms with E-state index in [9.17, 15) is 23.5 Å². The largest absolute Gasteiger partial charge is 0.477 e. The lowest BCUT2D eigenvalue weighted by atomic mass is 10.1. The van der Waals surface area contributed by atoms with Gasteiger partial charge in [0, 0.05) is 4.91 Å². The average Bonchev–Trinajstić information content (AvgIpc) is 3.14. The van der Waals surface area contributed by atoms with Crippen LogP contribution in [0.25, 0.3) is 0 Å². The second kappa shape index (κ2) is 8.97. The number of nitrogens with one attached hydrogen (secondary N) is 2. The quantitative estimate of drug-likeness (QED) is 0.228. The van der Waals surface area contributed by atoms with Crippen LogP contribution in [0.1, 0.15) is 13.3 Å². The van der Waals surface area contributed by atoms with Gasteiger partial charge in [0.05, 0.1) is 34.0 Å². The maximum absolute atomic E-state index is 13.0. The van der Waals surface area contributed by atoms with Crippen LogP contribution >= 0.6 is 47.5 Å². The fraction of sp³-hybridized carbons (Fsp3) is 0.500. The molecule has 28 heavy (non-hydrogen) atoms. The number of halogens is 2. The number of thioether (sulfide) groups is 3. The molecule has 1 amide bonds. The highest BCUT2D eigenvalue weighted by atomic mass is 32.2. The zero-order valence-electron chi connectivity index (χ0n) is 14.3. The van der Waals surface area contributed by atoms with Gasteiger partial charge in [-0.1, -0.05) is 36.1 Å². The Morgan fingerprint density at radius 3 is 2.89 bits per heavy atom. The van der Waals surface area contributed by atoms with Gasteiger partial charge in [-0.2, -0.15) is 0 Å².